The van der Waals surface area contributed by atoms with E-state index in [0.717, 1.165) is 4.47 Å². The highest BCUT2D eigenvalue weighted by molar-refractivity contribution is 9.10. The predicted molar refractivity (Wildman–Crippen MR) is 71.2 cm³/mol. The third-order valence-electron chi connectivity index (χ3n) is 2.94. The van der Waals surface area contributed by atoms with Gasteiger partial charge in [-0.2, -0.15) is 13.2 Å². The number of rotatable bonds is 2. The van der Waals surface area contributed by atoms with Gasteiger partial charge in [-0.1, -0.05) is 28.1 Å². The molecule has 1 aliphatic rings. The first-order valence-corrected chi connectivity index (χ1v) is 6.61. The molecule has 0 radical (unpaired) electrons. The second-order valence-corrected chi connectivity index (χ2v) is 5.33. The Balaban J connectivity index is 2.31. The predicted octanol–water partition coefficient (Wildman–Crippen LogP) is 4.41. The fourth-order valence-electron chi connectivity index (χ4n) is 2.10. The van der Waals surface area contributed by atoms with Gasteiger partial charge in [0, 0.05) is 22.4 Å². The maximum Gasteiger partial charge on any atom is 0.389 e. The number of nitrogen functional groups attached to an aromatic ring is 1. The minimum Gasteiger partial charge on any atom is -0.487 e. The van der Waals surface area contributed by atoms with Crippen molar-refractivity contribution in [1.82, 2.24) is 0 Å². The van der Waals surface area contributed by atoms with Gasteiger partial charge in [0.1, 0.15) is 12.4 Å². The lowest BCUT2D eigenvalue weighted by molar-refractivity contribution is -0.135. The fraction of sp³-hybridized carbons (Fsp3) is 0.385. The molecule has 0 saturated heterocycles. The maximum atomic E-state index is 12.4. The molecule has 2 N–H and O–H groups in total. The van der Waals surface area contributed by atoms with E-state index in [1.807, 2.05) is 0 Å². The van der Waals surface area contributed by atoms with Crippen molar-refractivity contribution < 1.29 is 17.9 Å². The summed E-state index contributed by atoms with van der Waals surface area (Å²) in [7, 11) is 0. The van der Waals surface area contributed by atoms with Gasteiger partial charge in [0.05, 0.1) is 5.69 Å². The number of anilines is 1. The molecule has 0 fully saturated rings. The Hall–Kier alpha value is -1.17. The molecule has 0 aromatic heterocycles. The van der Waals surface area contributed by atoms with Crippen LogP contribution in [0.15, 0.2) is 28.8 Å². The van der Waals surface area contributed by atoms with Crippen molar-refractivity contribution >= 4 is 21.6 Å². The van der Waals surface area contributed by atoms with Crippen LogP contribution in [0.3, 0.4) is 0 Å². The lowest BCUT2D eigenvalue weighted by Gasteiger charge is -2.18. The van der Waals surface area contributed by atoms with Crippen molar-refractivity contribution in [2.45, 2.75) is 24.9 Å². The summed E-state index contributed by atoms with van der Waals surface area (Å²) < 4.78 is 43.3. The zero-order valence-electron chi connectivity index (χ0n) is 10.0. The summed E-state index contributed by atoms with van der Waals surface area (Å²) in [5, 5.41) is 0. The molecule has 104 valence electrons. The van der Waals surface area contributed by atoms with Crippen molar-refractivity contribution in [1.29, 1.82) is 0 Å². The Morgan fingerprint density at radius 1 is 1.37 bits per heavy atom. The van der Waals surface area contributed by atoms with E-state index in [0.29, 0.717) is 23.6 Å². The van der Waals surface area contributed by atoms with Crippen molar-refractivity contribution in [2.75, 3.05) is 12.3 Å². The number of halogens is 4. The summed E-state index contributed by atoms with van der Waals surface area (Å²) in [5.41, 5.74) is 6.99. The van der Waals surface area contributed by atoms with E-state index in [4.69, 9.17) is 10.5 Å². The van der Waals surface area contributed by atoms with Crippen molar-refractivity contribution in [3.8, 4) is 5.75 Å². The Morgan fingerprint density at radius 2 is 2.11 bits per heavy atom. The normalized spacial score (nSPS) is 18.6. The Kier molecular flexibility index (Phi) is 4.08. The maximum absolute atomic E-state index is 12.4. The van der Waals surface area contributed by atoms with Crippen LogP contribution in [-0.2, 0) is 0 Å². The van der Waals surface area contributed by atoms with Gasteiger partial charge in [-0.3, -0.25) is 0 Å². The average Bonchev–Trinajstić information content (AvgIpc) is 2.48. The van der Waals surface area contributed by atoms with Crippen LogP contribution in [0.25, 0.3) is 0 Å². The molecule has 1 aromatic rings. The van der Waals surface area contributed by atoms with Crippen LogP contribution in [-0.4, -0.2) is 12.8 Å². The molecule has 1 heterocycles. The highest BCUT2D eigenvalue weighted by Crippen LogP contribution is 2.40. The molecule has 2 nitrogen and oxygen atoms in total. The van der Waals surface area contributed by atoms with Gasteiger partial charge >= 0.3 is 6.18 Å². The number of hydrogen-bond acceptors (Lipinski definition) is 2. The second-order valence-electron chi connectivity index (χ2n) is 4.41. The zero-order valence-corrected chi connectivity index (χ0v) is 11.6. The summed E-state index contributed by atoms with van der Waals surface area (Å²) in [5.74, 6) is 0.152. The molecule has 0 amide bonds. The molecule has 0 saturated carbocycles. The molecular weight excluding hydrogens is 323 g/mol. The van der Waals surface area contributed by atoms with Crippen LogP contribution < -0.4 is 10.5 Å². The van der Waals surface area contributed by atoms with Gasteiger partial charge in [0.15, 0.2) is 0 Å². The summed E-state index contributed by atoms with van der Waals surface area (Å²) in [6.07, 6.45) is -1.50. The molecule has 0 spiro atoms. The monoisotopic (exact) mass is 335 g/mol. The molecule has 1 atom stereocenters. The van der Waals surface area contributed by atoms with E-state index < -0.39 is 12.6 Å². The molecule has 1 aliphatic heterocycles. The second kappa shape index (κ2) is 5.45. The third-order valence-corrected chi connectivity index (χ3v) is 3.40. The molecule has 1 aromatic carbocycles. The molecule has 6 heteroatoms. The SMILES string of the molecule is Nc1cc(Br)cc2c1OCC=CC2CCC(F)(F)F. The van der Waals surface area contributed by atoms with Crippen LogP contribution >= 0.6 is 15.9 Å². The van der Waals surface area contributed by atoms with E-state index >= 15 is 0 Å². The van der Waals surface area contributed by atoms with Crippen LogP contribution in [0.4, 0.5) is 18.9 Å². The summed E-state index contributed by atoms with van der Waals surface area (Å²) in [6, 6.07) is 3.45. The van der Waals surface area contributed by atoms with Gasteiger partial charge in [-0.05, 0) is 18.6 Å². The number of ether oxygens (including phenoxy) is 1. The van der Waals surface area contributed by atoms with Gasteiger partial charge in [-0.15, -0.1) is 0 Å². The number of fused-ring (bicyclic) bond motifs is 1. The Morgan fingerprint density at radius 3 is 2.79 bits per heavy atom. The average molecular weight is 336 g/mol. The lowest BCUT2D eigenvalue weighted by atomic mass is 9.92. The molecule has 2 rings (SSSR count). The lowest BCUT2D eigenvalue weighted by Crippen LogP contribution is -2.10. The minimum absolute atomic E-state index is 0.00769. The van der Waals surface area contributed by atoms with Crippen LogP contribution in [0.2, 0.25) is 0 Å². The summed E-state index contributed by atoms with van der Waals surface area (Å²) in [4.78, 5) is 0. The topological polar surface area (TPSA) is 35.2 Å². The van der Waals surface area contributed by atoms with Gasteiger partial charge < -0.3 is 10.5 Å². The highest BCUT2D eigenvalue weighted by Gasteiger charge is 2.29. The number of nitrogens with two attached hydrogens (primary N) is 1. The quantitative estimate of drug-likeness (QED) is 0.642. The summed E-state index contributed by atoms with van der Waals surface area (Å²) in [6.45, 7) is 0.321. The van der Waals surface area contributed by atoms with Gasteiger partial charge in [0.2, 0.25) is 0 Å². The Labute approximate surface area is 117 Å². The van der Waals surface area contributed by atoms with Crippen LogP contribution in [0, 0.1) is 0 Å². The standard InChI is InChI=1S/C13H13BrF3NO/c14-9-6-10-8(3-4-13(15,16)17)2-1-5-19-12(10)11(18)7-9/h1-2,6-8H,3-5,18H2. The molecule has 0 aliphatic carbocycles. The van der Waals surface area contributed by atoms with Crippen LogP contribution in [0.1, 0.15) is 24.3 Å². The number of allylic oxidation sites excluding steroid dienone is 1. The first kappa shape index (κ1) is 14.2. The van der Waals surface area contributed by atoms with E-state index in [1.54, 1.807) is 24.3 Å². The van der Waals surface area contributed by atoms with Crippen LogP contribution in [0.5, 0.6) is 5.75 Å². The minimum atomic E-state index is -4.15. The number of alkyl halides is 3. The Bertz CT molecular complexity index is 499. The van der Waals surface area contributed by atoms with Crippen molar-refractivity contribution in [3.05, 3.63) is 34.3 Å². The molecule has 19 heavy (non-hydrogen) atoms. The molecule has 0 bridgehead atoms. The van der Waals surface area contributed by atoms with Crippen molar-refractivity contribution in [3.63, 3.8) is 0 Å². The first-order valence-electron chi connectivity index (χ1n) is 5.82. The number of hydrogen-bond donors (Lipinski definition) is 1. The smallest absolute Gasteiger partial charge is 0.389 e. The van der Waals surface area contributed by atoms with Crippen molar-refractivity contribution in [2.24, 2.45) is 0 Å². The van der Waals surface area contributed by atoms with E-state index in [1.165, 1.54) is 0 Å². The van der Waals surface area contributed by atoms with E-state index in [2.05, 4.69) is 15.9 Å². The largest absolute Gasteiger partial charge is 0.487 e. The first-order chi connectivity index (χ1) is 8.87. The van der Waals surface area contributed by atoms with E-state index in [-0.39, 0.29) is 12.3 Å². The summed E-state index contributed by atoms with van der Waals surface area (Å²) >= 11 is 3.30. The van der Waals surface area contributed by atoms with E-state index in [9.17, 15) is 13.2 Å². The number of benzene rings is 1. The highest BCUT2D eigenvalue weighted by atomic mass is 79.9. The molecular formula is C13H13BrF3NO. The van der Waals surface area contributed by atoms with Gasteiger partial charge in [-0.25, -0.2) is 0 Å². The zero-order chi connectivity index (χ0) is 14.0. The molecule has 1 unspecified atom stereocenters. The van der Waals surface area contributed by atoms with Gasteiger partial charge in [0.25, 0.3) is 0 Å². The third kappa shape index (κ3) is 3.65. The fourth-order valence-corrected chi connectivity index (χ4v) is 2.60.